The lowest BCUT2D eigenvalue weighted by atomic mass is 10.5. The fourth-order valence-electron chi connectivity index (χ4n) is 0.910. The van der Waals surface area contributed by atoms with Crippen molar-refractivity contribution in [1.82, 2.24) is 4.90 Å². The first-order valence-corrected chi connectivity index (χ1v) is 4.67. The fraction of sp³-hybridized carbons (Fsp3) is 1.00. The fourth-order valence-corrected chi connectivity index (χ4v) is 0.910. The number of ether oxygens (including phenoxy) is 2. The summed E-state index contributed by atoms with van der Waals surface area (Å²) in [7, 11) is 3.66. The van der Waals surface area contributed by atoms with Crippen molar-refractivity contribution in [2.75, 3.05) is 53.7 Å². The Bertz CT molecular complexity index is 101. The van der Waals surface area contributed by atoms with E-state index in [-0.39, 0.29) is 6.61 Å². The van der Waals surface area contributed by atoms with Gasteiger partial charge in [0.25, 0.3) is 0 Å². The van der Waals surface area contributed by atoms with Gasteiger partial charge >= 0.3 is 0 Å². The summed E-state index contributed by atoms with van der Waals surface area (Å²) in [6.07, 6.45) is 0.945. The molecule has 0 unspecified atom stereocenters. The summed E-state index contributed by atoms with van der Waals surface area (Å²) >= 11 is 0. The number of aliphatic hydroxyl groups excluding tert-OH is 1. The van der Waals surface area contributed by atoms with Crippen LogP contribution in [-0.2, 0) is 9.47 Å². The van der Waals surface area contributed by atoms with Crippen molar-refractivity contribution >= 4 is 0 Å². The molecule has 0 heterocycles. The Morgan fingerprint density at radius 3 is 2.54 bits per heavy atom. The van der Waals surface area contributed by atoms with Gasteiger partial charge in [0, 0.05) is 33.4 Å². The highest BCUT2D eigenvalue weighted by Gasteiger charge is 1.95. The summed E-state index contributed by atoms with van der Waals surface area (Å²) in [5.74, 6) is 0. The van der Waals surface area contributed by atoms with Gasteiger partial charge < -0.3 is 19.5 Å². The van der Waals surface area contributed by atoms with E-state index in [9.17, 15) is 0 Å². The van der Waals surface area contributed by atoms with Crippen LogP contribution in [0.5, 0.6) is 0 Å². The molecule has 0 aliphatic heterocycles. The zero-order valence-corrected chi connectivity index (χ0v) is 8.66. The van der Waals surface area contributed by atoms with Crippen molar-refractivity contribution in [3.05, 3.63) is 0 Å². The van der Waals surface area contributed by atoms with E-state index < -0.39 is 0 Å². The molecule has 0 aromatic carbocycles. The van der Waals surface area contributed by atoms with Crippen LogP contribution in [0.4, 0.5) is 0 Å². The average Bonchev–Trinajstić information content (AvgIpc) is 2.11. The van der Waals surface area contributed by atoms with Gasteiger partial charge in [-0.2, -0.15) is 0 Å². The first-order chi connectivity index (χ1) is 6.31. The summed E-state index contributed by atoms with van der Waals surface area (Å²) in [4.78, 5) is 2.04. The largest absolute Gasteiger partial charge is 0.395 e. The van der Waals surface area contributed by atoms with E-state index in [1.54, 1.807) is 7.11 Å². The van der Waals surface area contributed by atoms with Crippen LogP contribution < -0.4 is 0 Å². The van der Waals surface area contributed by atoms with Crippen LogP contribution in [0.15, 0.2) is 0 Å². The smallest absolute Gasteiger partial charge is 0.0593 e. The molecular weight excluding hydrogens is 170 g/mol. The summed E-state index contributed by atoms with van der Waals surface area (Å²) in [5, 5.41) is 8.61. The normalized spacial score (nSPS) is 11.1. The topological polar surface area (TPSA) is 41.9 Å². The molecule has 0 amide bonds. The number of rotatable bonds is 9. The SMILES string of the molecule is COCCCOCCN(C)CCO. The van der Waals surface area contributed by atoms with Crippen LogP contribution in [0, 0.1) is 0 Å². The Morgan fingerprint density at radius 1 is 1.15 bits per heavy atom. The molecule has 0 saturated heterocycles. The molecule has 0 atom stereocenters. The van der Waals surface area contributed by atoms with Crippen LogP contribution in [0.1, 0.15) is 6.42 Å². The predicted octanol–water partition coefficient (Wildman–Crippen LogP) is -0.0364. The van der Waals surface area contributed by atoms with Crippen LogP contribution in [0.25, 0.3) is 0 Å². The first-order valence-electron chi connectivity index (χ1n) is 4.67. The lowest BCUT2D eigenvalue weighted by Crippen LogP contribution is -2.26. The third kappa shape index (κ3) is 9.76. The second-order valence-corrected chi connectivity index (χ2v) is 2.99. The Morgan fingerprint density at radius 2 is 1.92 bits per heavy atom. The molecule has 0 aromatic rings. The van der Waals surface area contributed by atoms with Gasteiger partial charge in [0.15, 0.2) is 0 Å². The highest BCUT2D eigenvalue weighted by atomic mass is 16.5. The molecule has 0 aliphatic carbocycles. The molecule has 0 radical (unpaired) electrons. The van der Waals surface area contributed by atoms with Crippen LogP contribution in [0.2, 0.25) is 0 Å². The van der Waals surface area contributed by atoms with Crippen LogP contribution in [0.3, 0.4) is 0 Å². The third-order valence-corrected chi connectivity index (χ3v) is 1.74. The summed E-state index contributed by atoms with van der Waals surface area (Å²) in [6, 6.07) is 0. The monoisotopic (exact) mass is 191 g/mol. The maximum atomic E-state index is 8.61. The average molecular weight is 191 g/mol. The van der Waals surface area contributed by atoms with E-state index in [1.165, 1.54) is 0 Å². The Kier molecular flexibility index (Phi) is 9.80. The molecule has 0 fully saturated rings. The first kappa shape index (κ1) is 12.8. The second-order valence-electron chi connectivity index (χ2n) is 2.99. The lowest BCUT2D eigenvalue weighted by molar-refractivity contribution is 0.0852. The minimum absolute atomic E-state index is 0.209. The second kappa shape index (κ2) is 9.92. The zero-order valence-electron chi connectivity index (χ0n) is 8.66. The van der Waals surface area contributed by atoms with Gasteiger partial charge in [0.1, 0.15) is 0 Å². The molecule has 0 aromatic heterocycles. The van der Waals surface area contributed by atoms with Gasteiger partial charge in [-0.15, -0.1) is 0 Å². The van der Waals surface area contributed by atoms with Gasteiger partial charge in [-0.25, -0.2) is 0 Å². The molecule has 0 spiro atoms. The quantitative estimate of drug-likeness (QED) is 0.519. The van der Waals surface area contributed by atoms with Crippen LogP contribution >= 0.6 is 0 Å². The molecule has 13 heavy (non-hydrogen) atoms. The maximum absolute atomic E-state index is 8.61. The Balaban J connectivity index is 2.97. The van der Waals surface area contributed by atoms with Gasteiger partial charge in [0.05, 0.1) is 13.2 Å². The minimum Gasteiger partial charge on any atom is -0.395 e. The molecular formula is C9H21NO3. The van der Waals surface area contributed by atoms with Crippen molar-refractivity contribution < 1.29 is 14.6 Å². The van der Waals surface area contributed by atoms with Crippen LogP contribution in [-0.4, -0.2) is 63.7 Å². The lowest BCUT2D eigenvalue weighted by Gasteiger charge is -2.14. The van der Waals surface area contributed by atoms with E-state index in [0.717, 1.165) is 32.8 Å². The molecule has 80 valence electrons. The van der Waals surface area contributed by atoms with E-state index in [2.05, 4.69) is 0 Å². The number of nitrogens with zero attached hydrogens (tertiary/aromatic N) is 1. The molecule has 0 bridgehead atoms. The number of hydrogen-bond acceptors (Lipinski definition) is 4. The van der Waals surface area contributed by atoms with E-state index >= 15 is 0 Å². The van der Waals surface area contributed by atoms with Crippen molar-refractivity contribution in [3.8, 4) is 0 Å². The number of methoxy groups -OCH3 is 1. The Hall–Kier alpha value is -0.160. The number of likely N-dealkylation sites (N-methyl/N-ethyl adjacent to an activating group) is 1. The number of hydrogen-bond donors (Lipinski definition) is 1. The van der Waals surface area contributed by atoms with Crippen molar-refractivity contribution in [2.45, 2.75) is 6.42 Å². The molecule has 4 heteroatoms. The molecule has 0 saturated carbocycles. The molecule has 1 N–H and O–H groups in total. The predicted molar refractivity (Wildman–Crippen MR) is 51.9 cm³/mol. The van der Waals surface area contributed by atoms with E-state index in [4.69, 9.17) is 14.6 Å². The summed E-state index contributed by atoms with van der Waals surface area (Å²) in [5.41, 5.74) is 0. The van der Waals surface area contributed by atoms with Gasteiger partial charge in [0.2, 0.25) is 0 Å². The third-order valence-electron chi connectivity index (χ3n) is 1.74. The molecule has 0 aliphatic rings. The van der Waals surface area contributed by atoms with Gasteiger partial charge in [-0.1, -0.05) is 0 Å². The Labute approximate surface area is 80.4 Å². The zero-order chi connectivity index (χ0) is 9.94. The number of aliphatic hydroxyl groups is 1. The van der Waals surface area contributed by atoms with Crippen molar-refractivity contribution in [2.24, 2.45) is 0 Å². The minimum atomic E-state index is 0.209. The summed E-state index contributed by atoms with van der Waals surface area (Å²) < 4.78 is 10.2. The van der Waals surface area contributed by atoms with Gasteiger partial charge in [-0.3, -0.25) is 0 Å². The van der Waals surface area contributed by atoms with E-state index in [0.29, 0.717) is 6.54 Å². The highest BCUT2D eigenvalue weighted by molar-refractivity contribution is 4.48. The van der Waals surface area contributed by atoms with Crippen molar-refractivity contribution in [3.63, 3.8) is 0 Å². The van der Waals surface area contributed by atoms with Gasteiger partial charge in [-0.05, 0) is 13.5 Å². The summed E-state index contributed by atoms with van der Waals surface area (Å²) in [6.45, 7) is 4.02. The van der Waals surface area contributed by atoms with E-state index in [1.807, 2.05) is 11.9 Å². The maximum Gasteiger partial charge on any atom is 0.0593 e. The van der Waals surface area contributed by atoms with Crippen molar-refractivity contribution in [1.29, 1.82) is 0 Å². The standard InChI is InChI=1S/C9H21NO3/c1-10(4-6-11)5-9-13-8-3-7-12-2/h11H,3-9H2,1-2H3. The molecule has 0 rings (SSSR count). The highest BCUT2D eigenvalue weighted by Crippen LogP contribution is 1.86. The molecule has 4 nitrogen and oxygen atoms in total.